The van der Waals surface area contributed by atoms with Crippen molar-refractivity contribution in [2.24, 2.45) is 0 Å². The van der Waals surface area contributed by atoms with Crippen molar-refractivity contribution in [3.8, 4) is 0 Å². The van der Waals surface area contributed by atoms with Crippen LogP contribution in [0.1, 0.15) is 27.7 Å². The van der Waals surface area contributed by atoms with Gasteiger partial charge in [-0.25, -0.2) is 9.18 Å². The van der Waals surface area contributed by atoms with E-state index in [-0.39, 0.29) is 11.7 Å². The fourth-order valence-corrected chi connectivity index (χ4v) is 3.75. The predicted octanol–water partition coefficient (Wildman–Crippen LogP) is 4.21. The molecule has 1 aromatic heterocycles. The number of hydrogen-bond acceptors (Lipinski definition) is 4. The number of aryl methyl sites for hydroxylation is 1. The highest BCUT2D eigenvalue weighted by atomic mass is 32.1. The number of hydrogen-bond donors (Lipinski definition) is 1. The van der Waals surface area contributed by atoms with Gasteiger partial charge in [0.2, 0.25) is 0 Å². The zero-order valence-corrected chi connectivity index (χ0v) is 15.2. The second kappa shape index (κ2) is 7.66. The van der Waals surface area contributed by atoms with Crippen molar-refractivity contribution < 1.29 is 18.7 Å². The average molecular weight is 371 g/mol. The Bertz CT molecular complexity index is 952. The fourth-order valence-electron chi connectivity index (χ4n) is 2.64. The van der Waals surface area contributed by atoms with Crippen molar-refractivity contribution in [2.75, 3.05) is 0 Å². The van der Waals surface area contributed by atoms with Crippen molar-refractivity contribution in [1.82, 2.24) is 5.32 Å². The lowest BCUT2D eigenvalue weighted by Gasteiger charge is -2.13. The first kappa shape index (κ1) is 18.1. The molecule has 0 saturated heterocycles. The van der Waals surface area contributed by atoms with E-state index in [0.29, 0.717) is 27.1 Å². The van der Waals surface area contributed by atoms with Crippen molar-refractivity contribution in [1.29, 1.82) is 0 Å². The third kappa shape index (κ3) is 3.75. The Balaban J connectivity index is 1.66. The molecule has 1 heterocycles. The quantitative estimate of drug-likeness (QED) is 0.684. The molecule has 1 N–H and O–H groups in total. The smallest absolute Gasteiger partial charge is 0.349 e. The van der Waals surface area contributed by atoms with Gasteiger partial charge in [0.15, 0.2) is 6.10 Å². The minimum absolute atomic E-state index is 0.313. The first-order valence-electron chi connectivity index (χ1n) is 8.17. The van der Waals surface area contributed by atoms with E-state index in [9.17, 15) is 14.0 Å². The summed E-state index contributed by atoms with van der Waals surface area (Å²) in [6.45, 7) is 3.55. The summed E-state index contributed by atoms with van der Waals surface area (Å²) in [5, 5.41) is 3.15. The highest BCUT2D eigenvalue weighted by Crippen LogP contribution is 2.33. The summed E-state index contributed by atoms with van der Waals surface area (Å²) in [5.41, 5.74) is 1.49. The summed E-state index contributed by atoms with van der Waals surface area (Å²) in [6.07, 6.45) is -0.944. The Kier molecular flexibility index (Phi) is 5.32. The zero-order valence-electron chi connectivity index (χ0n) is 14.4. The van der Waals surface area contributed by atoms with Crippen LogP contribution in [0.3, 0.4) is 0 Å². The molecular formula is C20H18FNO3S. The molecule has 0 fully saturated rings. The van der Waals surface area contributed by atoms with E-state index in [1.54, 1.807) is 19.1 Å². The molecule has 1 amide bonds. The lowest BCUT2D eigenvalue weighted by molar-refractivity contribution is -0.129. The van der Waals surface area contributed by atoms with Gasteiger partial charge in [-0.3, -0.25) is 4.79 Å². The van der Waals surface area contributed by atoms with Crippen LogP contribution in [-0.2, 0) is 16.1 Å². The molecule has 0 aliphatic rings. The van der Waals surface area contributed by atoms with Gasteiger partial charge in [0, 0.05) is 16.6 Å². The summed E-state index contributed by atoms with van der Waals surface area (Å²) in [6, 6.07) is 14.2. The van der Waals surface area contributed by atoms with Crippen molar-refractivity contribution in [3.05, 3.63) is 70.4 Å². The molecule has 26 heavy (non-hydrogen) atoms. The Morgan fingerprint density at radius 1 is 1.15 bits per heavy atom. The largest absolute Gasteiger partial charge is 0.448 e. The first-order chi connectivity index (χ1) is 12.5. The topological polar surface area (TPSA) is 55.4 Å². The third-order valence-electron chi connectivity index (χ3n) is 4.05. The highest BCUT2D eigenvalue weighted by Gasteiger charge is 2.23. The van der Waals surface area contributed by atoms with Crippen LogP contribution in [0.5, 0.6) is 0 Å². The molecule has 0 radical (unpaired) electrons. The van der Waals surface area contributed by atoms with E-state index in [2.05, 4.69) is 5.32 Å². The number of halogens is 1. The SMILES string of the molecule is Cc1c(C(=O)O[C@@H](C)C(=O)NCc2ccccc2)sc2cccc(F)c12. The highest BCUT2D eigenvalue weighted by molar-refractivity contribution is 7.21. The number of thiophene rings is 1. The number of amides is 1. The lowest BCUT2D eigenvalue weighted by atomic mass is 10.1. The molecule has 4 nitrogen and oxygen atoms in total. The summed E-state index contributed by atoms with van der Waals surface area (Å²) >= 11 is 1.16. The molecule has 2 aromatic carbocycles. The molecule has 0 spiro atoms. The Labute approximate surface area is 154 Å². The van der Waals surface area contributed by atoms with Gasteiger partial charge in [0.25, 0.3) is 5.91 Å². The minimum atomic E-state index is -0.944. The van der Waals surface area contributed by atoms with Gasteiger partial charge in [0.05, 0.1) is 0 Å². The molecule has 0 saturated carbocycles. The lowest BCUT2D eigenvalue weighted by Crippen LogP contribution is -2.35. The summed E-state index contributed by atoms with van der Waals surface area (Å²) in [4.78, 5) is 24.9. The molecular weight excluding hydrogens is 353 g/mol. The number of carbonyl (C=O) groups excluding carboxylic acids is 2. The van der Waals surface area contributed by atoms with E-state index >= 15 is 0 Å². The summed E-state index contributed by atoms with van der Waals surface area (Å²) in [5.74, 6) is -1.37. The zero-order chi connectivity index (χ0) is 18.7. The molecule has 0 bridgehead atoms. The molecule has 3 aromatic rings. The van der Waals surface area contributed by atoms with Crippen molar-refractivity contribution in [3.63, 3.8) is 0 Å². The van der Waals surface area contributed by atoms with Crippen LogP contribution in [0.2, 0.25) is 0 Å². The van der Waals surface area contributed by atoms with E-state index in [1.807, 2.05) is 30.3 Å². The third-order valence-corrected chi connectivity index (χ3v) is 5.29. The Hall–Kier alpha value is -2.73. The number of fused-ring (bicyclic) bond motifs is 1. The fraction of sp³-hybridized carbons (Fsp3) is 0.200. The van der Waals surface area contributed by atoms with Crippen molar-refractivity contribution >= 4 is 33.3 Å². The molecule has 134 valence electrons. The monoisotopic (exact) mass is 371 g/mol. The second-order valence-corrected chi connectivity index (χ2v) is 6.97. The average Bonchev–Trinajstić information content (AvgIpc) is 2.98. The molecule has 1 atom stereocenters. The minimum Gasteiger partial charge on any atom is -0.448 e. The maximum atomic E-state index is 14.0. The molecule has 0 unspecified atom stereocenters. The predicted molar refractivity (Wildman–Crippen MR) is 99.7 cm³/mol. The molecule has 6 heteroatoms. The number of esters is 1. The van der Waals surface area contributed by atoms with Gasteiger partial charge in [-0.15, -0.1) is 11.3 Å². The van der Waals surface area contributed by atoms with Crippen LogP contribution in [0, 0.1) is 12.7 Å². The number of nitrogens with one attached hydrogen (secondary N) is 1. The molecule has 0 aliphatic heterocycles. The number of ether oxygens (including phenoxy) is 1. The second-order valence-electron chi connectivity index (χ2n) is 5.92. The molecule has 0 aliphatic carbocycles. The van der Waals surface area contributed by atoms with Crippen LogP contribution < -0.4 is 5.32 Å². The Morgan fingerprint density at radius 3 is 2.58 bits per heavy atom. The van der Waals surface area contributed by atoms with Crippen LogP contribution in [0.15, 0.2) is 48.5 Å². The molecule has 3 rings (SSSR count). The number of benzene rings is 2. The van der Waals surface area contributed by atoms with Gasteiger partial charge in [0.1, 0.15) is 10.7 Å². The van der Waals surface area contributed by atoms with Crippen LogP contribution in [0.25, 0.3) is 10.1 Å². The van der Waals surface area contributed by atoms with Crippen molar-refractivity contribution in [2.45, 2.75) is 26.5 Å². The summed E-state index contributed by atoms with van der Waals surface area (Å²) in [7, 11) is 0. The van der Waals surface area contributed by atoms with Gasteiger partial charge in [-0.05, 0) is 37.1 Å². The standard InChI is InChI=1S/C20H18FNO3S/c1-12-17-15(21)9-6-10-16(17)26-18(12)20(24)25-13(2)19(23)22-11-14-7-4-3-5-8-14/h3-10,13H,11H2,1-2H3,(H,22,23)/t13-/m0/s1. The van der Waals surface area contributed by atoms with Gasteiger partial charge in [-0.1, -0.05) is 36.4 Å². The normalized spacial score (nSPS) is 12.0. The van der Waals surface area contributed by atoms with Gasteiger partial charge in [-0.2, -0.15) is 0 Å². The number of rotatable bonds is 5. The number of carbonyl (C=O) groups is 2. The van der Waals surface area contributed by atoms with Gasteiger partial charge >= 0.3 is 5.97 Å². The van der Waals surface area contributed by atoms with E-state index < -0.39 is 12.1 Å². The van der Waals surface area contributed by atoms with Gasteiger partial charge < -0.3 is 10.1 Å². The van der Waals surface area contributed by atoms with Crippen LogP contribution in [0.4, 0.5) is 4.39 Å². The van der Waals surface area contributed by atoms with E-state index in [4.69, 9.17) is 4.74 Å². The maximum Gasteiger partial charge on any atom is 0.349 e. The summed E-state index contributed by atoms with van der Waals surface area (Å²) < 4.78 is 19.9. The van der Waals surface area contributed by atoms with Crippen LogP contribution in [-0.4, -0.2) is 18.0 Å². The van der Waals surface area contributed by atoms with E-state index in [0.717, 1.165) is 16.9 Å². The van der Waals surface area contributed by atoms with E-state index in [1.165, 1.54) is 13.0 Å². The maximum absolute atomic E-state index is 14.0. The van der Waals surface area contributed by atoms with Crippen LogP contribution >= 0.6 is 11.3 Å². The first-order valence-corrected chi connectivity index (χ1v) is 8.99. The Morgan fingerprint density at radius 2 is 1.88 bits per heavy atom.